The summed E-state index contributed by atoms with van der Waals surface area (Å²) in [5, 5.41) is 5.11. The van der Waals surface area contributed by atoms with Crippen molar-refractivity contribution < 1.29 is 9.59 Å². The van der Waals surface area contributed by atoms with E-state index in [9.17, 15) is 9.59 Å². The van der Waals surface area contributed by atoms with Gasteiger partial charge in [0.05, 0.1) is 0 Å². The molecular formula is C12H25N3O2. The number of nitrogens with one attached hydrogen (secondary N) is 2. The largest absolute Gasteiger partial charge is 0.347 e. The van der Waals surface area contributed by atoms with Crippen LogP contribution in [0, 0.1) is 0 Å². The maximum atomic E-state index is 11.4. The summed E-state index contributed by atoms with van der Waals surface area (Å²) in [6.07, 6.45) is 5.59. The molecule has 17 heavy (non-hydrogen) atoms. The minimum atomic E-state index is -0.601. The molecule has 0 saturated heterocycles. The van der Waals surface area contributed by atoms with Gasteiger partial charge in [0, 0.05) is 19.1 Å². The van der Waals surface area contributed by atoms with E-state index in [-0.39, 0.29) is 6.04 Å². The van der Waals surface area contributed by atoms with Gasteiger partial charge in [0.2, 0.25) is 0 Å². The first-order valence-electron chi connectivity index (χ1n) is 6.40. The molecule has 1 unspecified atom stereocenters. The van der Waals surface area contributed by atoms with E-state index in [1.807, 2.05) is 6.92 Å². The van der Waals surface area contributed by atoms with Crippen molar-refractivity contribution in [2.24, 2.45) is 5.73 Å². The minimum absolute atomic E-state index is 0.0444. The zero-order valence-corrected chi connectivity index (χ0v) is 10.9. The van der Waals surface area contributed by atoms with Crippen LogP contribution in [0.1, 0.15) is 46.0 Å². The van der Waals surface area contributed by atoms with Gasteiger partial charge in [-0.2, -0.15) is 0 Å². The number of nitrogens with two attached hydrogens (primary N) is 1. The summed E-state index contributed by atoms with van der Waals surface area (Å²) >= 11 is 0. The Morgan fingerprint density at radius 1 is 1.18 bits per heavy atom. The van der Waals surface area contributed by atoms with Gasteiger partial charge in [-0.25, -0.2) is 0 Å². The van der Waals surface area contributed by atoms with Crippen molar-refractivity contribution in [3.8, 4) is 0 Å². The molecule has 0 aliphatic rings. The van der Waals surface area contributed by atoms with E-state index in [2.05, 4.69) is 17.6 Å². The van der Waals surface area contributed by atoms with Gasteiger partial charge in [-0.3, -0.25) is 9.59 Å². The normalized spacial score (nSPS) is 11.9. The van der Waals surface area contributed by atoms with E-state index in [0.717, 1.165) is 12.8 Å². The quantitative estimate of drug-likeness (QED) is 0.429. The molecular weight excluding hydrogens is 218 g/mol. The molecule has 0 aromatic rings. The number of carbonyl (C=O) groups excluding carboxylic acids is 2. The van der Waals surface area contributed by atoms with Gasteiger partial charge in [-0.1, -0.05) is 32.6 Å². The van der Waals surface area contributed by atoms with Crippen LogP contribution in [0.2, 0.25) is 0 Å². The Morgan fingerprint density at radius 2 is 1.88 bits per heavy atom. The summed E-state index contributed by atoms with van der Waals surface area (Å²) in [6.45, 7) is 4.75. The smallest absolute Gasteiger partial charge is 0.309 e. The second kappa shape index (κ2) is 10.1. The molecule has 0 heterocycles. The molecule has 0 bridgehead atoms. The number of rotatable bonds is 8. The molecule has 2 amide bonds. The highest BCUT2D eigenvalue weighted by Crippen LogP contribution is 2.04. The molecule has 5 heteroatoms. The summed E-state index contributed by atoms with van der Waals surface area (Å²) in [7, 11) is 0. The third-order valence-corrected chi connectivity index (χ3v) is 2.50. The predicted octanol–water partition coefficient (Wildman–Crippen LogP) is 0.536. The SMILES string of the molecule is CCCCCCC(C)NC(=O)C(=O)NCCN. The number of hydrogen-bond donors (Lipinski definition) is 3. The van der Waals surface area contributed by atoms with Crippen LogP contribution in [-0.4, -0.2) is 30.9 Å². The Morgan fingerprint density at radius 3 is 2.47 bits per heavy atom. The van der Waals surface area contributed by atoms with Crippen LogP contribution in [0.25, 0.3) is 0 Å². The molecule has 0 aromatic carbocycles. The van der Waals surface area contributed by atoms with E-state index in [0.29, 0.717) is 13.1 Å². The summed E-state index contributed by atoms with van der Waals surface area (Å²) < 4.78 is 0. The van der Waals surface area contributed by atoms with Crippen LogP contribution in [0.15, 0.2) is 0 Å². The van der Waals surface area contributed by atoms with Gasteiger partial charge in [0.25, 0.3) is 0 Å². The Balaban J connectivity index is 3.67. The summed E-state index contributed by atoms with van der Waals surface area (Å²) in [4.78, 5) is 22.6. The summed E-state index contributed by atoms with van der Waals surface area (Å²) in [5.74, 6) is -1.17. The third-order valence-electron chi connectivity index (χ3n) is 2.50. The predicted molar refractivity (Wildman–Crippen MR) is 68.4 cm³/mol. The second-order valence-corrected chi connectivity index (χ2v) is 4.27. The lowest BCUT2D eigenvalue weighted by Gasteiger charge is -2.13. The van der Waals surface area contributed by atoms with E-state index in [4.69, 9.17) is 5.73 Å². The third kappa shape index (κ3) is 8.68. The Kier molecular flexibility index (Phi) is 9.43. The lowest BCUT2D eigenvalue weighted by molar-refractivity contribution is -0.139. The molecule has 0 spiro atoms. The minimum Gasteiger partial charge on any atom is -0.347 e. The van der Waals surface area contributed by atoms with E-state index < -0.39 is 11.8 Å². The molecule has 0 radical (unpaired) electrons. The average Bonchev–Trinajstić information content (AvgIpc) is 2.31. The maximum absolute atomic E-state index is 11.4. The van der Waals surface area contributed by atoms with E-state index >= 15 is 0 Å². The maximum Gasteiger partial charge on any atom is 0.309 e. The fourth-order valence-corrected chi connectivity index (χ4v) is 1.50. The highest BCUT2D eigenvalue weighted by atomic mass is 16.2. The van der Waals surface area contributed by atoms with Gasteiger partial charge in [0.15, 0.2) is 0 Å². The zero-order valence-electron chi connectivity index (χ0n) is 10.9. The molecule has 100 valence electrons. The highest BCUT2D eigenvalue weighted by molar-refractivity contribution is 6.35. The van der Waals surface area contributed by atoms with Crippen molar-refractivity contribution in [1.82, 2.24) is 10.6 Å². The van der Waals surface area contributed by atoms with Crippen molar-refractivity contribution >= 4 is 11.8 Å². The fraction of sp³-hybridized carbons (Fsp3) is 0.833. The zero-order chi connectivity index (χ0) is 13.1. The van der Waals surface area contributed by atoms with Crippen LogP contribution < -0.4 is 16.4 Å². The van der Waals surface area contributed by atoms with Gasteiger partial charge in [0.1, 0.15) is 0 Å². The van der Waals surface area contributed by atoms with E-state index in [1.54, 1.807) is 0 Å². The van der Waals surface area contributed by atoms with Gasteiger partial charge in [-0.05, 0) is 13.3 Å². The topological polar surface area (TPSA) is 84.2 Å². The van der Waals surface area contributed by atoms with Gasteiger partial charge >= 0.3 is 11.8 Å². The first kappa shape index (κ1) is 15.9. The molecule has 0 aliphatic carbocycles. The monoisotopic (exact) mass is 243 g/mol. The number of hydrogen-bond acceptors (Lipinski definition) is 3. The molecule has 1 atom stereocenters. The van der Waals surface area contributed by atoms with Gasteiger partial charge < -0.3 is 16.4 Å². The molecule has 0 aliphatic heterocycles. The van der Waals surface area contributed by atoms with Crippen LogP contribution in [-0.2, 0) is 9.59 Å². The Bertz CT molecular complexity index is 232. The number of amides is 2. The van der Waals surface area contributed by atoms with Crippen molar-refractivity contribution in [2.45, 2.75) is 52.0 Å². The van der Waals surface area contributed by atoms with Crippen molar-refractivity contribution in [3.63, 3.8) is 0 Å². The van der Waals surface area contributed by atoms with Crippen molar-refractivity contribution in [3.05, 3.63) is 0 Å². The summed E-state index contributed by atoms with van der Waals surface area (Å²) in [5.41, 5.74) is 5.23. The first-order valence-corrected chi connectivity index (χ1v) is 6.40. The van der Waals surface area contributed by atoms with Crippen molar-refractivity contribution in [2.75, 3.05) is 13.1 Å². The van der Waals surface area contributed by atoms with Crippen LogP contribution in [0.3, 0.4) is 0 Å². The molecule has 5 nitrogen and oxygen atoms in total. The lowest BCUT2D eigenvalue weighted by Crippen LogP contribution is -2.44. The molecule has 0 aromatic heterocycles. The molecule has 0 rings (SSSR count). The van der Waals surface area contributed by atoms with Crippen LogP contribution in [0.5, 0.6) is 0 Å². The Labute approximate surface area is 104 Å². The number of carbonyl (C=O) groups is 2. The average molecular weight is 243 g/mol. The molecule has 0 fully saturated rings. The van der Waals surface area contributed by atoms with Crippen molar-refractivity contribution in [1.29, 1.82) is 0 Å². The Hall–Kier alpha value is -1.10. The van der Waals surface area contributed by atoms with Crippen LogP contribution in [0.4, 0.5) is 0 Å². The lowest BCUT2D eigenvalue weighted by atomic mass is 10.1. The molecule has 0 saturated carbocycles. The first-order chi connectivity index (χ1) is 8.11. The number of unbranched alkanes of at least 4 members (excludes halogenated alkanes) is 3. The van der Waals surface area contributed by atoms with Crippen LogP contribution >= 0.6 is 0 Å². The van der Waals surface area contributed by atoms with Gasteiger partial charge in [-0.15, -0.1) is 0 Å². The second-order valence-electron chi connectivity index (χ2n) is 4.27. The molecule has 4 N–H and O–H groups in total. The fourth-order valence-electron chi connectivity index (χ4n) is 1.50. The standard InChI is InChI=1S/C12H25N3O2/c1-3-4-5-6-7-10(2)15-12(17)11(16)14-9-8-13/h10H,3-9,13H2,1-2H3,(H,14,16)(H,15,17). The summed E-state index contributed by atoms with van der Waals surface area (Å²) in [6, 6.07) is 0.0444. The van der Waals surface area contributed by atoms with E-state index in [1.165, 1.54) is 19.3 Å². The highest BCUT2D eigenvalue weighted by Gasteiger charge is 2.14.